The Hall–Kier alpha value is -3.82. The molecule has 1 aliphatic heterocycles. The maximum atomic E-state index is 14.1. The molecule has 0 saturated carbocycles. The van der Waals surface area contributed by atoms with Crippen LogP contribution in [0.5, 0.6) is 0 Å². The molecule has 2 aromatic carbocycles. The van der Waals surface area contributed by atoms with Crippen molar-refractivity contribution in [1.82, 2.24) is 19.8 Å². The van der Waals surface area contributed by atoms with E-state index in [1.54, 1.807) is 33.0 Å². The first-order chi connectivity index (χ1) is 19.1. The van der Waals surface area contributed by atoms with Crippen LogP contribution < -0.4 is 16.3 Å². The minimum absolute atomic E-state index is 0.0515. The highest BCUT2D eigenvalue weighted by atomic mass is 19.1. The van der Waals surface area contributed by atoms with Crippen molar-refractivity contribution in [2.45, 2.75) is 52.9 Å². The monoisotopic (exact) mass is 548 g/mol. The lowest BCUT2D eigenvalue weighted by atomic mass is 9.92. The number of nitrogens with one attached hydrogen (secondary N) is 1. The highest BCUT2D eigenvalue weighted by molar-refractivity contribution is 6.32. The number of piperidine rings is 1. The minimum atomic E-state index is -0.638. The second-order valence-electron chi connectivity index (χ2n) is 10.6. The second-order valence-corrected chi connectivity index (χ2v) is 10.6. The van der Waals surface area contributed by atoms with Crippen LogP contribution >= 0.6 is 0 Å². The van der Waals surface area contributed by atoms with E-state index in [2.05, 4.69) is 10.3 Å². The summed E-state index contributed by atoms with van der Waals surface area (Å²) >= 11 is 0. The molecule has 1 aromatic heterocycles. The maximum Gasteiger partial charge on any atom is 0.251 e. The van der Waals surface area contributed by atoms with Gasteiger partial charge in [-0.2, -0.15) is 0 Å². The van der Waals surface area contributed by atoms with E-state index in [0.717, 1.165) is 44.0 Å². The first-order valence-electron chi connectivity index (χ1n) is 13.8. The molecule has 210 valence electrons. The number of hydrogen-bond donors (Lipinski definition) is 1. The molecule has 1 fully saturated rings. The van der Waals surface area contributed by atoms with Gasteiger partial charge in [-0.15, -0.1) is 0 Å². The smallest absolute Gasteiger partial charge is 0.251 e. The number of nitrogens with zero attached hydrogens (tertiary/aromatic N) is 3. The van der Waals surface area contributed by atoms with E-state index >= 15 is 0 Å². The molecular weight excluding hydrogens is 513 g/mol. The summed E-state index contributed by atoms with van der Waals surface area (Å²) in [4.78, 5) is 45.7. The third-order valence-corrected chi connectivity index (χ3v) is 7.59. The molecule has 1 atom stereocenters. The number of carbonyl (C=O) groups excluding carboxylic acids is 2. The molecule has 40 heavy (non-hydrogen) atoms. The van der Waals surface area contributed by atoms with E-state index in [0.29, 0.717) is 40.2 Å². The topological polar surface area (TPSA) is 84.3 Å². The zero-order chi connectivity index (χ0) is 29.0. The van der Waals surface area contributed by atoms with Crippen molar-refractivity contribution in [3.05, 3.63) is 86.6 Å². The summed E-state index contributed by atoms with van der Waals surface area (Å²) in [6, 6.07) is 8.58. The van der Waals surface area contributed by atoms with E-state index in [4.69, 9.17) is 0 Å². The van der Waals surface area contributed by atoms with Gasteiger partial charge in [0, 0.05) is 37.0 Å². The molecule has 2 heterocycles. The third-order valence-electron chi connectivity index (χ3n) is 7.59. The molecule has 1 N–H and O–H groups in total. The molecular formula is C30H35BF2N4O3. The van der Waals surface area contributed by atoms with Crippen LogP contribution in [0.2, 0.25) is 0 Å². The van der Waals surface area contributed by atoms with Crippen LogP contribution in [0.15, 0.2) is 41.2 Å². The lowest BCUT2D eigenvalue weighted by molar-refractivity contribution is -0.135. The number of halogens is 2. The van der Waals surface area contributed by atoms with E-state index in [1.807, 2.05) is 18.7 Å². The van der Waals surface area contributed by atoms with Gasteiger partial charge < -0.3 is 10.2 Å². The van der Waals surface area contributed by atoms with Crippen molar-refractivity contribution in [3.63, 3.8) is 0 Å². The van der Waals surface area contributed by atoms with E-state index in [9.17, 15) is 23.2 Å². The second kappa shape index (κ2) is 12.6. The molecule has 0 spiro atoms. The minimum Gasteiger partial charge on any atom is -0.351 e. The van der Waals surface area contributed by atoms with Gasteiger partial charge in [0.2, 0.25) is 5.91 Å². The predicted molar refractivity (Wildman–Crippen MR) is 153 cm³/mol. The first-order valence-corrected chi connectivity index (χ1v) is 13.8. The summed E-state index contributed by atoms with van der Waals surface area (Å²) in [6.07, 6.45) is 3.76. The highest BCUT2D eigenvalue weighted by Crippen LogP contribution is 2.18. The third kappa shape index (κ3) is 6.49. The van der Waals surface area contributed by atoms with Crippen LogP contribution in [0, 0.1) is 31.4 Å². The Morgan fingerprint density at radius 3 is 2.48 bits per heavy atom. The molecule has 2 amide bonds. The molecule has 7 nitrogen and oxygen atoms in total. The number of carbonyl (C=O) groups is 2. The van der Waals surface area contributed by atoms with Crippen molar-refractivity contribution in [3.8, 4) is 5.69 Å². The molecule has 0 radical (unpaired) electrons. The molecule has 0 bridgehead atoms. The fraction of sp³-hybridized carbons (Fsp3) is 0.400. The van der Waals surface area contributed by atoms with Crippen molar-refractivity contribution < 1.29 is 18.4 Å². The quantitative estimate of drug-likeness (QED) is 0.439. The Kier molecular flexibility index (Phi) is 9.17. The Morgan fingerprint density at radius 2 is 1.77 bits per heavy atom. The zero-order valence-electron chi connectivity index (χ0n) is 23.5. The fourth-order valence-electron chi connectivity index (χ4n) is 5.12. The molecule has 10 heteroatoms. The standard InChI is InChI=1S/C30H35BF2N4O3/c1-18-7-8-22(28(38)34-17-19(2)29(39)36-13-5-4-6-14-36)15-26(18)37-20(3)35-25(27(31)30(37)40)12-10-21-9-11-23(32)16-24(21)33/h7-9,11,15-16,19H,4-6,10,12-14,17,31H2,1-3H3,(H,34,38). The fourth-order valence-corrected chi connectivity index (χ4v) is 5.12. The number of likely N-dealkylation sites (tertiary alicyclic amines) is 1. The Labute approximate surface area is 234 Å². The predicted octanol–water partition coefficient (Wildman–Crippen LogP) is 2.55. The van der Waals surface area contributed by atoms with Crippen LogP contribution in [-0.2, 0) is 17.6 Å². The number of aryl methyl sites for hydroxylation is 4. The van der Waals surface area contributed by atoms with Crippen LogP contribution in [-0.4, -0.2) is 53.7 Å². The van der Waals surface area contributed by atoms with Gasteiger partial charge >= 0.3 is 0 Å². The Balaban J connectivity index is 1.51. The number of rotatable bonds is 8. The normalized spacial score (nSPS) is 14.2. The summed E-state index contributed by atoms with van der Waals surface area (Å²) in [5.41, 5.74) is 2.75. The summed E-state index contributed by atoms with van der Waals surface area (Å²) in [5, 5.41) is 2.86. The Morgan fingerprint density at radius 1 is 1.05 bits per heavy atom. The molecule has 0 aliphatic carbocycles. The largest absolute Gasteiger partial charge is 0.351 e. The highest BCUT2D eigenvalue weighted by Gasteiger charge is 2.23. The van der Waals surface area contributed by atoms with Crippen molar-refractivity contribution in [1.29, 1.82) is 0 Å². The van der Waals surface area contributed by atoms with E-state index in [1.165, 1.54) is 16.7 Å². The SMILES string of the molecule is Bc1c(CCc2ccc(F)cc2F)nc(C)n(-c2cc(C(=O)NCC(C)C(=O)N3CCCCC3)ccc2C)c1=O. The van der Waals surface area contributed by atoms with Gasteiger partial charge in [-0.3, -0.25) is 19.0 Å². The number of hydrogen-bond acceptors (Lipinski definition) is 4. The summed E-state index contributed by atoms with van der Waals surface area (Å²) in [7, 11) is 1.67. The average Bonchev–Trinajstić information content (AvgIpc) is 2.94. The Bertz CT molecular complexity index is 1480. The van der Waals surface area contributed by atoms with Gasteiger partial charge in [0.1, 0.15) is 25.3 Å². The summed E-state index contributed by atoms with van der Waals surface area (Å²) < 4.78 is 28.8. The van der Waals surface area contributed by atoms with Gasteiger partial charge in [-0.1, -0.05) is 19.1 Å². The van der Waals surface area contributed by atoms with Crippen molar-refractivity contribution in [2.24, 2.45) is 5.92 Å². The zero-order valence-corrected chi connectivity index (χ0v) is 23.5. The van der Waals surface area contributed by atoms with Gasteiger partial charge in [-0.25, -0.2) is 13.8 Å². The number of aromatic nitrogens is 2. The van der Waals surface area contributed by atoms with Crippen LogP contribution in [0.1, 0.15) is 59.2 Å². The lowest BCUT2D eigenvalue weighted by Gasteiger charge is -2.29. The molecule has 1 saturated heterocycles. The van der Waals surface area contributed by atoms with Crippen molar-refractivity contribution >= 4 is 25.1 Å². The van der Waals surface area contributed by atoms with Crippen molar-refractivity contribution in [2.75, 3.05) is 19.6 Å². The number of amides is 2. The lowest BCUT2D eigenvalue weighted by Crippen LogP contribution is -2.42. The van der Waals surface area contributed by atoms with Gasteiger partial charge in [0.05, 0.1) is 11.6 Å². The van der Waals surface area contributed by atoms with Crippen LogP contribution in [0.4, 0.5) is 8.78 Å². The molecule has 1 aliphatic rings. The maximum absolute atomic E-state index is 14.1. The van der Waals surface area contributed by atoms with E-state index < -0.39 is 11.6 Å². The number of benzene rings is 2. The molecule has 4 rings (SSSR count). The molecule has 3 aromatic rings. The first kappa shape index (κ1) is 29.2. The van der Waals surface area contributed by atoms with E-state index in [-0.39, 0.29) is 36.3 Å². The summed E-state index contributed by atoms with van der Waals surface area (Å²) in [6.45, 7) is 7.14. The van der Waals surface area contributed by atoms with Gasteiger partial charge in [0.15, 0.2) is 0 Å². The van der Waals surface area contributed by atoms with Crippen LogP contribution in [0.25, 0.3) is 5.69 Å². The molecule has 1 unspecified atom stereocenters. The average molecular weight is 548 g/mol. The van der Waals surface area contributed by atoms with Gasteiger partial charge in [-0.05, 0) is 80.7 Å². The van der Waals surface area contributed by atoms with Crippen LogP contribution in [0.3, 0.4) is 0 Å². The van der Waals surface area contributed by atoms with Gasteiger partial charge in [0.25, 0.3) is 11.5 Å². The summed E-state index contributed by atoms with van der Waals surface area (Å²) in [5.74, 6) is -1.44.